The molecule has 1 unspecified atom stereocenters. The van der Waals surface area contributed by atoms with Crippen molar-refractivity contribution in [3.63, 3.8) is 0 Å². The molecule has 4 heteroatoms. The smallest absolute Gasteiger partial charge is 0.250 e. The SMILES string of the molecule is C=C(C[Si](C)(C)C)C(O)CCc1cc(C)c(O[Si](C)(C)C(C)(C)C)c(C)c1. The summed E-state index contributed by atoms with van der Waals surface area (Å²) >= 11 is 0. The predicted octanol–water partition coefficient (Wildman–Crippen LogP) is 6.88. The van der Waals surface area contributed by atoms with E-state index in [1.165, 1.54) is 16.7 Å². The van der Waals surface area contributed by atoms with Gasteiger partial charge in [-0.3, -0.25) is 0 Å². The van der Waals surface area contributed by atoms with Crippen molar-refractivity contribution in [1.82, 2.24) is 0 Å². The van der Waals surface area contributed by atoms with Crippen molar-refractivity contribution in [3.8, 4) is 5.75 Å². The maximum Gasteiger partial charge on any atom is 0.250 e. The van der Waals surface area contributed by atoms with Crippen molar-refractivity contribution in [2.45, 2.75) is 97.4 Å². The highest BCUT2D eigenvalue weighted by molar-refractivity contribution is 6.76. The van der Waals surface area contributed by atoms with Crippen LogP contribution in [-0.2, 0) is 6.42 Å². The Hall–Kier alpha value is -0.846. The van der Waals surface area contributed by atoms with Gasteiger partial charge in [0, 0.05) is 8.07 Å². The summed E-state index contributed by atoms with van der Waals surface area (Å²) in [6.07, 6.45) is 1.21. The molecule has 0 bridgehead atoms. The molecule has 0 aliphatic rings. The summed E-state index contributed by atoms with van der Waals surface area (Å²) in [5, 5.41) is 10.7. The fourth-order valence-electron chi connectivity index (χ4n) is 3.06. The van der Waals surface area contributed by atoms with E-state index in [4.69, 9.17) is 4.43 Å². The molecule has 0 fully saturated rings. The van der Waals surface area contributed by atoms with Crippen LogP contribution in [0.3, 0.4) is 0 Å². The summed E-state index contributed by atoms with van der Waals surface area (Å²) in [7, 11) is -3.08. The second-order valence-corrected chi connectivity index (χ2v) is 21.1. The highest BCUT2D eigenvalue weighted by Gasteiger charge is 2.39. The van der Waals surface area contributed by atoms with E-state index in [1.54, 1.807) is 0 Å². The van der Waals surface area contributed by atoms with Gasteiger partial charge in [0.1, 0.15) is 5.75 Å². The number of aryl methyl sites for hydroxylation is 3. The number of benzene rings is 1. The fraction of sp³-hybridized carbons (Fsp3) is 0.652. The van der Waals surface area contributed by atoms with E-state index in [-0.39, 0.29) is 5.04 Å². The molecule has 0 radical (unpaired) electrons. The molecule has 0 heterocycles. The van der Waals surface area contributed by atoms with Crippen LogP contribution < -0.4 is 4.43 Å². The standard InChI is InChI=1S/C23H42O2Si2/c1-17-14-20(12-13-21(24)19(3)16-26(7,8)9)15-18(2)22(17)25-27(10,11)23(4,5)6/h14-15,21,24H,3,12-13,16H2,1-2,4-11H3. The molecule has 0 aromatic heterocycles. The van der Waals surface area contributed by atoms with Crippen molar-refractivity contribution in [3.05, 3.63) is 41.0 Å². The summed E-state index contributed by atoms with van der Waals surface area (Å²) in [6, 6.07) is 5.44. The van der Waals surface area contributed by atoms with Gasteiger partial charge >= 0.3 is 0 Å². The minimum Gasteiger partial charge on any atom is -0.543 e. The van der Waals surface area contributed by atoms with Gasteiger partial charge in [-0.2, -0.15) is 0 Å². The molecule has 0 aliphatic heterocycles. The molecular weight excluding hydrogens is 364 g/mol. The molecule has 154 valence electrons. The molecule has 0 aliphatic carbocycles. The molecular formula is C23H42O2Si2. The Morgan fingerprint density at radius 1 is 1.07 bits per heavy atom. The summed E-state index contributed by atoms with van der Waals surface area (Å²) in [5.74, 6) is 1.05. The van der Waals surface area contributed by atoms with Crippen molar-refractivity contribution in [1.29, 1.82) is 0 Å². The quantitative estimate of drug-likeness (QED) is 0.377. The van der Waals surface area contributed by atoms with E-state index in [9.17, 15) is 5.11 Å². The average molecular weight is 407 g/mol. The molecule has 1 N–H and O–H groups in total. The molecule has 1 atom stereocenters. The van der Waals surface area contributed by atoms with Gasteiger partial charge < -0.3 is 9.53 Å². The third kappa shape index (κ3) is 7.24. The van der Waals surface area contributed by atoms with Gasteiger partial charge in [0.25, 0.3) is 8.32 Å². The van der Waals surface area contributed by atoms with Crippen LogP contribution >= 0.6 is 0 Å². The van der Waals surface area contributed by atoms with Crippen LogP contribution in [0.25, 0.3) is 0 Å². The maximum absolute atomic E-state index is 10.5. The largest absolute Gasteiger partial charge is 0.543 e. The lowest BCUT2D eigenvalue weighted by Crippen LogP contribution is -2.44. The van der Waals surface area contributed by atoms with Gasteiger partial charge in [-0.1, -0.05) is 64.7 Å². The van der Waals surface area contributed by atoms with E-state index < -0.39 is 22.5 Å². The van der Waals surface area contributed by atoms with Gasteiger partial charge in [-0.05, 0) is 67.6 Å². The number of rotatable bonds is 8. The molecule has 0 spiro atoms. The normalized spacial score (nSPS) is 14.2. The van der Waals surface area contributed by atoms with Gasteiger partial charge in [0.2, 0.25) is 0 Å². The lowest BCUT2D eigenvalue weighted by atomic mass is 9.99. The lowest BCUT2D eigenvalue weighted by molar-refractivity contribution is 0.201. The summed E-state index contributed by atoms with van der Waals surface area (Å²) in [4.78, 5) is 0. The van der Waals surface area contributed by atoms with Crippen molar-refractivity contribution < 1.29 is 9.53 Å². The maximum atomic E-state index is 10.5. The molecule has 1 rings (SSSR count). The second-order valence-electron chi connectivity index (χ2n) is 10.9. The summed E-state index contributed by atoms with van der Waals surface area (Å²) in [5.41, 5.74) is 4.67. The van der Waals surface area contributed by atoms with Crippen LogP contribution in [0.4, 0.5) is 0 Å². The minimum atomic E-state index is -1.85. The zero-order valence-corrected chi connectivity index (χ0v) is 21.4. The van der Waals surface area contributed by atoms with Crippen molar-refractivity contribution in [2.75, 3.05) is 0 Å². The van der Waals surface area contributed by atoms with Crippen LogP contribution in [0.1, 0.15) is 43.9 Å². The van der Waals surface area contributed by atoms with E-state index in [0.717, 1.165) is 30.2 Å². The zero-order chi connectivity index (χ0) is 21.2. The van der Waals surface area contributed by atoms with Gasteiger partial charge in [0.15, 0.2) is 0 Å². The molecule has 0 saturated carbocycles. The van der Waals surface area contributed by atoms with Crippen LogP contribution in [0.15, 0.2) is 24.3 Å². The Morgan fingerprint density at radius 2 is 1.56 bits per heavy atom. The fourth-order valence-corrected chi connectivity index (χ4v) is 5.80. The summed E-state index contributed by atoms with van der Waals surface area (Å²) < 4.78 is 6.58. The highest BCUT2D eigenvalue weighted by atomic mass is 28.4. The Bertz CT molecular complexity index is 641. The third-order valence-corrected chi connectivity index (χ3v) is 11.5. The molecule has 1 aromatic carbocycles. The first-order valence-electron chi connectivity index (χ1n) is 10.2. The number of aliphatic hydroxyl groups is 1. The third-order valence-electron chi connectivity index (χ3n) is 5.62. The van der Waals surface area contributed by atoms with Crippen LogP contribution in [-0.4, -0.2) is 27.6 Å². The Morgan fingerprint density at radius 3 is 1.96 bits per heavy atom. The first kappa shape index (κ1) is 24.2. The number of hydrogen-bond acceptors (Lipinski definition) is 2. The monoisotopic (exact) mass is 406 g/mol. The van der Waals surface area contributed by atoms with Gasteiger partial charge in [-0.25, -0.2) is 0 Å². The van der Waals surface area contributed by atoms with Gasteiger partial charge in [-0.15, -0.1) is 0 Å². The first-order valence-corrected chi connectivity index (χ1v) is 16.8. The van der Waals surface area contributed by atoms with E-state index in [2.05, 4.69) is 86.1 Å². The number of aliphatic hydroxyl groups excluding tert-OH is 1. The van der Waals surface area contributed by atoms with Crippen LogP contribution in [0.5, 0.6) is 5.75 Å². The van der Waals surface area contributed by atoms with Crippen LogP contribution in [0, 0.1) is 13.8 Å². The molecule has 0 amide bonds. The lowest BCUT2D eigenvalue weighted by Gasteiger charge is -2.37. The second kappa shape index (κ2) is 8.66. The number of hydrogen-bond donors (Lipinski definition) is 1. The Balaban J connectivity index is 2.85. The average Bonchev–Trinajstić information content (AvgIpc) is 2.45. The predicted molar refractivity (Wildman–Crippen MR) is 125 cm³/mol. The Labute approximate surface area is 170 Å². The molecule has 1 aromatic rings. The molecule has 2 nitrogen and oxygen atoms in total. The van der Waals surface area contributed by atoms with E-state index in [0.29, 0.717) is 0 Å². The topological polar surface area (TPSA) is 29.5 Å². The molecule has 0 saturated heterocycles. The highest BCUT2D eigenvalue weighted by Crippen LogP contribution is 2.39. The minimum absolute atomic E-state index is 0.186. The first-order chi connectivity index (χ1) is 12.0. The summed E-state index contributed by atoms with van der Waals surface area (Å²) in [6.45, 7) is 26.8. The van der Waals surface area contributed by atoms with Gasteiger partial charge in [0.05, 0.1) is 6.10 Å². The van der Waals surface area contributed by atoms with Crippen molar-refractivity contribution in [2.24, 2.45) is 0 Å². The van der Waals surface area contributed by atoms with Crippen LogP contribution in [0.2, 0.25) is 43.8 Å². The van der Waals surface area contributed by atoms with Crippen molar-refractivity contribution >= 4 is 16.4 Å². The zero-order valence-electron chi connectivity index (χ0n) is 19.4. The molecule has 27 heavy (non-hydrogen) atoms. The van der Waals surface area contributed by atoms with E-state index >= 15 is 0 Å². The Kier molecular flexibility index (Phi) is 7.76. The van der Waals surface area contributed by atoms with E-state index in [1.807, 2.05) is 0 Å².